The predicted octanol–water partition coefficient (Wildman–Crippen LogP) is 2.52. The van der Waals surface area contributed by atoms with Crippen LogP contribution < -0.4 is 10.6 Å². The highest BCUT2D eigenvalue weighted by Crippen LogP contribution is 2.36. The van der Waals surface area contributed by atoms with Crippen LogP contribution in [0, 0.1) is 11.8 Å². The molecule has 0 amide bonds. The van der Waals surface area contributed by atoms with Crippen molar-refractivity contribution in [3.05, 3.63) is 54.2 Å². The first kappa shape index (κ1) is 21.3. The lowest BCUT2D eigenvalue weighted by atomic mass is 9.75. The van der Waals surface area contributed by atoms with Gasteiger partial charge in [0.25, 0.3) is 0 Å². The molecule has 6 nitrogen and oxygen atoms in total. The minimum atomic E-state index is 0.585. The number of nitrogens with one attached hydrogen (secondary N) is 2. The number of pyridine rings is 1. The summed E-state index contributed by atoms with van der Waals surface area (Å²) in [5, 5.41) is 7.35. The van der Waals surface area contributed by atoms with E-state index in [2.05, 4.69) is 44.6 Å². The van der Waals surface area contributed by atoms with Crippen LogP contribution in [-0.4, -0.2) is 65.7 Å². The molecule has 3 aliphatic rings. The van der Waals surface area contributed by atoms with Gasteiger partial charge in [0.1, 0.15) is 5.76 Å². The molecule has 30 heavy (non-hydrogen) atoms. The Labute approximate surface area is 185 Å². The highest BCUT2D eigenvalue weighted by atomic mass is 32.1. The molecule has 0 radical (unpaired) electrons. The number of thiocarbonyl (C=S) groups is 1. The fraction of sp³-hybridized carbons (Fsp3) is 0.565. The minimum absolute atomic E-state index is 0.585. The highest BCUT2D eigenvalue weighted by Gasteiger charge is 2.40. The standard InChI is InChI=1S/C23H33N5OS/c1-27(10-8-20-5-2-3-9-24-20)16-19-17-28-11-7-18(19)13-21(28)14-25-23(30)26-15-22-6-4-12-29-22/h2-6,9,12,18-19,21H,7-8,10-11,13-17H2,1H3,(H2,25,26,30)/t18-,19+,21+/m0/s1. The quantitative estimate of drug-likeness (QED) is 0.597. The first-order valence-corrected chi connectivity index (χ1v) is 11.4. The summed E-state index contributed by atoms with van der Waals surface area (Å²) in [5.74, 6) is 2.49. The van der Waals surface area contributed by atoms with Gasteiger partial charge in [0, 0.05) is 50.5 Å². The summed E-state index contributed by atoms with van der Waals surface area (Å²) in [6.45, 7) is 6.22. The number of likely N-dealkylation sites (N-methyl/N-ethyl adjacent to an activating group) is 1. The molecular formula is C23H33N5OS. The average molecular weight is 428 g/mol. The molecule has 0 saturated carbocycles. The number of rotatable bonds is 9. The van der Waals surface area contributed by atoms with Gasteiger partial charge < -0.3 is 20.0 Å². The van der Waals surface area contributed by atoms with Crippen molar-refractivity contribution in [3.8, 4) is 0 Å². The molecule has 2 N–H and O–H groups in total. The Kier molecular flexibility index (Phi) is 7.36. The van der Waals surface area contributed by atoms with Gasteiger partial charge >= 0.3 is 0 Å². The number of piperidine rings is 3. The fourth-order valence-electron chi connectivity index (χ4n) is 4.87. The largest absolute Gasteiger partial charge is 0.467 e. The van der Waals surface area contributed by atoms with E-state index in [1.54, 1.807) is 6.26 Å². The number of nitrogens with zero attached hydrogens (tertiary/aromatic N) is 3. The first-order valence-electron chi connectivity index (χ1n) is 11.0. The Morgan fingerprint density at radius 1 is 1.30 bits per heavy atom. The third-order valence-corrected chi connectivity index (χ3v) is 6.83. The van der Waals surface area contributed by atoms with Gasteiger partial charge in [-0.3, -0.25) is 9.88 Å². The minimum Gasteiger partial charge on any atom is -0.467 e. The van der Waals surface area contributed by atoms with Crippen LogP contribution in [0.2, 0.25) is 0 Å². The van der Waals surface area contributed by atoms with E-state index < -0.39 is 0 Å². The average Bonchev–Trinajstić information content (AvgIpc) is 3.30. The number of aromatic nitrogens is 1. The van der Waals surface area contributed by atoms with Crippen molar-refractivity contribution in [1.29, 1.82) is 0 Å². The molecule has 0 spiro atoms. The lowest BCUT2D eigenvalue weighted by Crippen LogP contribution is -2.58. The van der Waals surface area contributed by atoms with E-state index in [4.69, 9.17) is 16.6 Å². The summed E-state index contributed by atoms with van der Waals surface area (Å²) < 4.78 is 5.34. The third-order valence-electron chi connectivity index (χ3n) is 6.54. The molecule has 2 bridgehead atoms. The van der Waals surface area contributed by atoms with Crippen molar-refractivity contribution in [3.63, 3.8) is 0 Å². The van der Waals surface area contributed by atoms with E-state index in [-0.39, 0.29) is 0 Å². The molecule has 3 fully saturated rings. The summed E-state index contributed by atoms with van der Waals surface area (Å²) in [5.41, 5.74) is 1.18. The van der Waals surface area contributed by atoms with Crippen LogP contribution >= 0.6 is 12.2 Å². The van der Waals surface area contributed by atoms with Gasteiger partial charge in [-0.15, -0.1) is 0 Å². The van der Waals surface area contributed by atoms with E-state index in [9.17, 15) is 0 Å². The molecule has 5 heterocycles. The van der Waals surface area contributed by atoms with E-state index in [0.29, 0.717) is 17.7 Å². The molecule has 0 aliphatic carbocycles. The second-order valence-corrected chi connectivity index (χ2v) is 9.08. The van der Waals surface area contributed by atoms with Crippen molar-refractivity contribution >= 4 is 17.3 Å². The highest BCUT2D eigenvalue weighted by molar-refractivity contribution is 7.80. The van der Waals surface area contributed by atoms with Crippen LogP contribution in [0.25, 0.3) is 0 Å². The number of furan rings is 1. The summed E-state index contributed by atoms with van der Waals surface area (Å²) >= 11 is 5.44. The summed E-state index contributed by atoms with van der Waals surface area (Å²) in [6, 6.07) is 10.6. The molecule has 162 valence electrons. The van der Waals surface area contributed by atoms with Crippen LogP contribution in [0.1, 0.15) is 24.3 Å². The van der Waals surface area contributed by atoms with E-state index >= 15 is 0 Å². The molecule has 3 aliphatic heterocycles. The van der Waals surface area contributed by atoms with E-state index in [1.807, 2.05) is 24.4 Å². The molecule has 0 aromatic carbocycles. The van der Waals surface area contributed by atoms with E-state index in [0.717, 1.165) is 37.1 Å². The van der Waals surface area contributed by atoms with Crippen LogP contribution in [0.5, 0.6) is 0 Å². The molecule has 7 heteroatoms. The van der Waals surface area contributed by atoms with Gasteiger partial charge in [0.05, 0.1) is 12.8 Å². The van der Waals surface area contributed by atoms with Gasteiger partial charge in [0.2, 0.25) is 0 Å². The van der Waals surface area contributed by atoms with Crippen LogP contribution in [0.3, 0.4) is 0 Å². The number of hydrogen-bond acceptors (Lipinski definition) is 5. The number of hydrogen-bond donors (Lipinski definition) is 2. The maximum atomic E-state index is 5.44. The van der Waals surface area contributed by atoms with Gasteiger partial charge in [0.15, 0.2) is 5.11 Å². The Morgan fingerprint density at radius 2 is 2.23 bits per heavy atom. The monoisotopic (exact) mass is 427 g/mol. The Bertz CT molecular complexity index is 784. The SMILES string of the molecule is CN(CCc1ccccn1)C[C@@H]1CN2CC[C@H]1C[C@@H]2CNC(=S)NCc1ccco1. The summed E-state index contributed by atoms with van der Waals surface area (Å²) in [7, 11) is 2.25. The summed E-state index contributed by atoms with van der Waals surface area (Å²) in [4.78, 5) is 9.60. The third kappa shape index (κ3) is 5.80. The summed E-state index contributed by atoms with van der Waals surface area (Å²) in [6.07, 6.45) is 7.19. The van der Waals surface area contributed by atoms with Crippen LogP contribution in [0.4, 0.5) is 0 Å². The van der Waals surface area contributed by atoms with Crippen molar-refractivity contribution < 1.29 is 4.42 Å². The molecule has 5 rings (SSSR count). The Balaban J connectivity index is 1.17. The van der Waals surface area contributed by atoms with Crippen LogP contribution in [0.15, 0.2) is 47.2 Å². The second-order valence-electron chi connectivity index (χ2n) is 8.67. The lowest BCUT2D eigenvalue weighted by molar-refractivity contribution is -0.00763. The van der Waals surface area contributed by atoms with E-state index in [1.165, 1.54) is 38.2 Å². The van der Waals surface area contributed by atoms with Gasteiger partial charge in [-0.2, -0.15) is 0 Å². The first-order chi connectivity index (χ1) is 14.7. The van der Waals surface area contributed by atoms with Gasteiger partial charge in [-0.25, -0.2) is 0 Å². The fourth-order valence-corrected chi connectivity index (χ4v) is 5.02. The predicted molar refractivity (Wildman–Crippen MR) is 123 cm³/mol. The maximum absolute atomic E-state index is 5.44. The molecule has 2 aromatic rings. The molecule has 4 atom stereocenters. The second kappa shape index (κ2) is 10.4. The van der Waals surface area contributed by atoms with Crippen LogP contribution in [-0.2, 0) is 13.0 Å². The lowest BCUT2D eigenvalue weighted by Gasteiger charge is -2.50. The Hall–Kier alpha value is -1.96. The topological polar surface area (TPSA) is 56.6 Å². The maximum Gasteiger partial charge on any atom is 0.166 e. The van der Waals surface area contributed by atoms with Gasteiger partial charge in [-0.1, -0.05) is 6.07 Å². The van der Waals surface area contributed by atoms with Crippen molar-refractivity contribution in [2.24, 2.45) is 11.8 Å². The molecule has 1 unspecified atom stereocenters. The molecular weight excluding hydrogens is 394 g/mol. The van der Waals surface area contributed by atoms with Crippen molar-refractivity contribution in [2.75, 3.05) is 39.8 Å². The number of fused-ring (bicyclic) bond motifs is 3. The Morgan fingerprint density at radius 3 is 2.97 bits per heavy atom. The smallest absolute Gasteiger partial charge is 0.166 e. The van der Waals surface area contributed by atoms with Crippen molar-refractivity contribution in [1.82, 2.24) is 25.4 Å². The zero-order chi connectivity index (χ0) is 20.8. The normalized spacial score (nSPS) is 25.4. The van der Waals surface area contributed by atoms with Crippen molar-refractivity contribution in [2.45, 2.75) is 31.8 Å². The zero-order valence-electron chi connectivity index (χ0n) is 17.8. The zero-order valence-corrected chi connectivity index (χ0v) is 18.6. The van der Waals surface area contributed by atoms with Gasteiger partial charge in [-0.05, 0) is 74.8 Å². The molecule has 2 aromatic heterocycles. The molecule has 3 saturated heterocycles.